The van der Waals surface area contributed by atoms with Gasteiger partial charge in [-0.25, -0.2) is 0 Å². The predicted molar refractivity (Wildman–Crippen MR) is 78.5 cm³/mol. The molecule has 0 aromatic heterocycles. The molecule has 18 heavy (non-hydrogen) atoms. The Bertz CT molecular complexity index is 446. The first-order valence-corrected chi connectivity index (χ1v) is 7.73. The van der Waals surface area contributed by atoms with Gasteiger partial charge in [0.25, 0.3) is 0 Å². The zero-order valence-corrected chi connectivity index (χ0v) is 12.5. The molecule has 3 rings (SSSR count). The molecule has 0 spiro atoms. The normalized spacial score (nSPS) is 32.5. The third kappa shape index (κ3) is 2.13. The lowest BCUT2D eigenvalue weighted by molar-refractivity contribution is 0.120. The molecule has 3 unspecified atom stereocenters. The third-order valence-electron chi connectivity index (χ3n) is 4.67. The Morgan fingerprint density at radius 2 is 2.17 bits per heavy atom. The SMILES string of the molecule is CC1CCN(C2CCc3c(Br)cccc32)CC1N. The molecule has 2 N–H and O–H groups in total. The van der Waals surface area contributed by atoms with Crippen molar-refractivity contribution in [1.82, 2.24) is 4.90 Å². The van der Waals surface area contributed by atoms with Gasteiger partial charge in [0.15, 0.2) is 0 Å². The second-order valence-electron chi connectivity index (χ2n) is 5.79. The summed E-state index contributed by atoms with van der Waals surface area (Å²) in [4.78, 5) is 2.60. The van der Waals surface area contributed by atoms with E-state index in [0.29, 0.717) is 18.0 Å². The number of likely N-dealkylation sites (tertiary alicyclic amines) is 1. The third-order valence-corrected chi connectivity index (χ3v) is 5.41. The van der Waals surface area contributed by atoms with E-state index in [-0.39, 0.29) is 0 Å². The maximum Gasteiger partial charge on any atom is 0.0355 e. The quantitative estimate of drug-likeness (QED) is 0.864. The average Bonchev–Trinajstić information content (AvgIpc) is 2.78. The number of rotatable bonds is 1. The molecule has 0 saturated carbocycles. The highest BCUT2D eigenvalue weighted by Crippen LogP contribution is 2.40. The van der Waals surface area contributed by atoms with Gasteiger partial charge in [0.1, 0.15) is 0 Å². The lowest BCUT2D eigenvalue weighted by Crippen LogP contribution is -2.48. The van der Waals surface area contributed by atoms with Crippen molar-refractivity contribution in [2.45, 2.75) is 38.3 Å². The van der Waals surface area contributed by atoms with Crippen LogP contribution in [0.2, 0.25) is 0 Å². The molecule has 1 saturated heterocycles. The van der Waals surface area contributed by atoms with E-state index in [1.165, 1.54) is 41.4 Å². The van der Waals surface area contributed by atoms with Crippen molar-refractivity contribution in [2.24, 2.45) is 11.7 Å². The Kier molecular flexibility index (Phi) is 3.48. The molecule has 1 heterocycles. The van der Waals surface area contributed by atoms with Crippen LogP contribution >= 0.6 is 15.9 Å². The van der Waals surface area contributed by atoms with Crippen molar-refractivity contribution in [3.63, 3.8) is 0 Å². The summed E-state index contributed by atoms with van der Waals surface area (Å²) in [5.74, 6) is 0.671. The number of nitrogens with two attached hydrogens (primary N) is 1. The summed E-state index contributed by atoms with van der Waals surface area (Å²) in [5.41, 5.74) is 9.26. The van der Waals surface area contributed by atoms with Crippen LogP contribution in [0.15, 0.2) is 22.7 Å². The van der Waals surface area contributed by atoms with E-state index in [4.69, 9.17) is 5.73 Å². The number of halogens is 1. The molecule has 0 radical (unpaired) electrons. The van der Waals surface area contributed by atoms with Gasteiger partial charge in [-0.15, -0.1) is 0 Å². The predicted octanol–water partition coefficient (Wildman–Crippen LogP) is 3.11. The Hall–Kier alpha value is -0.380. The monoisotopic (exact) mass is 308 g/mol. The molecule has 3 heteroatoms. The minimum Gasteiger partial charge on any atom is -0.326 e. The van der Waals surface area contributed by atoms with Gasteiger partial charge in [-0.1, -0.05) is 35.0 Å². The minimum atomic E-state index is 0.343. The molecule has 3 atom stereocenters. The molecule has 1 fully saturated rings. The van der Waals surface area contributed by atoms with Crippen LogP contribution in [0.3, 0.4) is 0 Å². The van der Waals surface area contributed by atoms with Crippen LogP contribution in [0.1, 0.15) is 36.9 Å². The summed E-state index contributed by atoms with van der Waals surface area (Å²) < 4.78 is 1.28. The van der Waals surface area contributed by atoms with Gasteiger partial charge in [-0.2, -0.15) is 0 Å². The first-order chi connectivity index (χ1) is 8.66. The summed E-state index contributed by atoms with van der Waals surface area (Å²) in [6.07, 6.45) is 3.68. The molecule has 1 aromatic carbocycles. The van der Waals surface area contributed by atoms with Crippen LogP contribution in [0, 0.1) is 5.92 Å². The van der Waals surface area contributed by atoms with Crippen molar-refractivity contribution in [2.75, 3.05) is 13.1 Å². The molecule has 2 aliphatic rings. The van der Waals surface area contributed by atoms with Crippen molar-refractivity contribution in [1.29, 1.82) is 0 Å². The number of benzene rings is 1. The van der Waals surface area contributed by atoms with E-state index in [1.54, 1.807) is 0 Å². The van der Waals surface area contributed by atoms with Gasteiger partial charge in [0.2, 0.25) is 0 Å². The highest BCUT2D eigenvalue weighted by atomic mass is 79.9. The van der Waals surface area contributed by atoms with Gasteiger partial charge < -0.3 is 5.73 Å². The molecular weight excluding hydrogens is 288 g/mol. The maximum atomic E-state index is 6.24. The summed E-state index contributed by atoms with van der Waals surface area (Å²) in [7, 11) is 0. The number of hydrogen-bond donors (Lipinski definition) is 1. The fraction of sp³-hybridized carbons (Fsp3) is 0.600. The average molecular weight is 309 g/mol. The summed E-state index contributed by atoms with van der Waals surface area (Å²) >= 11 is 3.68. The lowest BCUT2D eigenvalue weighted by atomic mass is 9.92. The largest absolute Gasteiger partial charge is 0.326 e. The van der Waals surface area contributed by atoms with Crippen molar-refractivity contribution in [3.8, 4) is 0 Å². The fourth-order valence-corrected chi connectivity index (χ4v) is 3.96. The standard InChI is InChI=1S/C15H21BrN2/c1-10-7-8-18(9-14(10)17)15-6-5-11-12(15)3-2-4-13(11)16/h2-4,10,14-15H,5-9,17H2,1H3. The molecule has 1 aromatic rings. The topological polar surface area (TPSA) is 29.3 Å². The van der Waals surface area contributed by atoms with Crippen LogP contribution in [-0.4, -0.2) is 24.0 Å². The van der Waals surface area contributed by atoms with E-state index in [0.717, 1.165) is 6.54 Å². The van der Waals surface area contributed by atoms with Crippen LogP contribution in [-0.2, 0) is 6.42 Å². The molecule has 0 bridgehead atoms. The number of nitrogens with zero attached hydrogens (tertiary/aromatic N) is 1. The second kappa shape index (κ2) is 4.95. The van der Waals surface area contributed by atoms with Crippen LogP contribution in [0.4, 0.5) is 0 Å². The first kappa shape index (κ1) is 12.6. The van der Waals surface area contributed by atoms with E-state index >= 15 is 0 Å². The van der Waals surface area contributed by atoms with Crippen molar-refractivity contribution in [3.05, 3.63) is 33.8 Å². The number of fused-ring (bicyclic) bond motifs is 1. The molecule has 98 valence electrons. The summed E-state index contributed by atoms with van der Waals surface area (Å²) in [5, 5.41) is 0. The van der Waals surface area contributed by atoms with Gasteiger partial charge in [0, 0.05) is 23.1 Å². The molecule has 0 amide bonds. The van der Waals surface area contributed by atoms with E-state index in [9.17, 15) is 0 Å². The Labute approximate surface area is 118 Å². The smallest absolute Gasteiger partial charge is 0.0355 e. The number of piperidine rings is 1. The van der Waals surface area contributed by atoms with Gasteiger partial charge in [0.05, 0.1) is 0 Å². The van der Waals surface area contributed by atoms with E-state index in [2.05, 4.69) is 46.0 Å². The zero-order valence-electron chi connectivity index (χ0n) is 10.9. The minimum absolute atomic E-state index is 0.343. The van der Waals surface area contributed by atoms with Gasteiger partial charge in [-0.3, -0.25) is 4.90 Å². The molecule has 2 nitrogen and oxygen atoms in total. The highest BCUT2D eigenvalue weighted by Gasteiger charge is 2.33. The molecule has 1 aliphatic heterocycles. The van der Waals surface area contributed by atoms with Crippen molar-refractivity contribution < 1.29 is 0 Å². The number of hydrogen-bond acceptors (Lipinski definition) is 2. The van der Waals surface area contributed by atoms with E-state index in [1.807, 2.05) is 0 Å². The first-order valence-electron chi connectivity index (χ1n) is 6.93. The summed E-state index contributed by atoms with van der Waals surface area (Å²) in [6.45, 7) is 4.53. The molecular formula is C15H21BrN2. The van der Waals surface area contributed by atoms with Crippen molar-refractivity contribution >= 4 is 15.9 Å². The lowest BCUT2D eigenvalue weighted by Gasteiger charge is -2.39. The Morgan fingerprint density at radius 3 is 2.94 bits per heavy atom. The second-order valence-corrected chi connectivity index (χ2v) is 6.64. The zero-order chi connectivity index (χ0) is 12.7. The van der Waals surface area contributed by atoms with Crippen LogP contribution in [0.25, 0.3) is 0 Å². The summed E-state index contributed by atoms with van der Waals surface area (Å²) in [6, 6.07) is 7.55. The fourth-order valence-electron chi connectivity index (χ4n) is 3.38. The van der Waals surface area contributed by atoms with Gasteiger partial charge >= 0.3 is 0 Å². The maximum absolute atomic E-state index is 6.24. The van der Waals surface area contributed by atoms with Gasteiger partial charge in [-0.05, 0) is 48.9 Å². The Balaban J connectivity index is 1.82. The Morgan fingerprint density at radius 1 is 1.33 bits per heavy atom. The molecule has 1 aliphatic carbocycles. The van der Waals surface area contributed by atoms with Crippen LogP contribution < -0.4 is 5.73 Å². The van der Waals surface area contributed by atoms with Crippen LogP contribution in [0.5, 0.6) is 0 Å². The van der Waals surface area contributed by atoms with E-state index < -0.39 is 0 Å². The highest BCUT2D eigenvalue weighted by molar-refractivity contribution is 9.10.